The van der Waals surface area contributed by atoms with Crippen LogP contribution in [-0.4, -0.2) is 15.3 Å². The van der Waals surface area contributed by atoms with Gasteiger partial charge in [-0.15, -0.1) is 0 Å². The maximum atomic E-state index is 13.7. The summed E-state index contributed by atoms with van der Waals surface area (Å²) in [5.41, 5.74) is 2.47. The van der Waals surface area contributed by atoms with Gasteiger partial charge in [0.05, 0.1) is 11.1 Å². The Morgan fingerprint density at radius 2 is 1.79 bits per heavy atom. The summed E-state index contributed by atoms with van der Waals surface area (Å²) in [6.45, 7) is 0. The molecule has 1 aliphatic carbocycles. The fourth-order valence-electron chi connectivity index (χ4n) is 3.68. The number of halogens is 1. The first-order valence-corrected chi connectivity index (χ1v) is 9.27. The minimum atomic E-state index is -0.336. The molecule has 5 heteroatoms. The smallest absolute Gasteiger partial charge is 0.272 e. The third kappa shape index (κ3) is 2.76. The Kier molecular flexibility index (Phi) is 3.76. The molecule has 5 rings (SSSR count). The molecular formula is C23H18FN3O. The van der Waals surface area contributed by atoms with Crippen LogP contribution in [0.4, 0.5) is 4.39 Å². The highest BCUT2D eigenvalue weighted by Gasteiger charge is 2.46. The molecule has 1 amide bonds. The number of imidazole rings is 1. The molecule has 1 aliphatic rings. The third-order valence-electron chi connectivity index (χ3n) is 5.28. The normalized spacial score (nSPS) is 14.8. The molecular weight excluding hydrogens is 353 g/mol. The molecule has 4 aromatic rings. The number of nitrogens with zero attached hydrogens (tertiary/aromatic N) is 2. The van der Waals surface area contributed by atoms with Crippen LogP contribution >= 0.6 is 0 Å². The molecule has 28 heavy (non-hydrogen) atoms. The molecule has 4 nitrogen and oxygen atoms in total. The van der Waals surface area contributed by atoms with Crippen LogP contribution in [0.5, 0.6) is 0 Å². The lowest BCUT2D eigenvalue weighted by Gasteiger charge is -2.17. The zero-order valence-corrected chi connectivity index (χ0v) is 15.1. The van der Waals surface area contributed by atoms with E-state index in [4.69, 9.17) is 0 Å². The number of fused-ring (bicyclic) bond motifs is 1. The van der Waals surface area contributed by atoms with Crippen LogP contribution in [0, 0.1) is 5.82 Å². The third-order valence-corrected chi connectivity index (χ3v) is 5.28. The standard InChI is InChI=1S/C23H18FN3O/c24-18-10-6-7-16(15-18)21-25-20(19-11-4-5-14-27(19)21)22(28)26-23(12-13-23)17-8-2-1-3-9-17/h1-11,14-15H,12-13H2,(H,26,28). The maximum Gasteiger partial charge on any atom is 0.272 e. The maximum absolute atomic E-state index is 13.7. The number of aromatic nitrogens is 2. The van der Waals surface area contributed by atoms with E-state index >= 15 is 0 Å². The van der Waals surface area contributed by atoms with Crippen molar-refractivity contribution in [3.8, 4) is 11.4 Å². The van der Waals surface area contributed by atoms with E-state index in [2.05, 4.69) is 10.3 Å². The van der Waals surface area contributed by atoms with Gasteiger partial charge in [0.2, 0.25) is 0 Å². The van der Waals surface area contributed by atoms with Crippen molar-refractivity contribution in [2.45, 2.75) is 18.4 Å². The van der Waals surface area contributed by atoms with E-state index in [0.717, 1.165) is 18.4 Å². The highest BCUT2D eigenvalue weighted by Crippen LogP contribution is 2.45. The Balaban J connectivity index is 1.56. The van der Waals surface area contributed by atoms with Crippen LogP contribution in [0.2, 0.25) is 0 Å². The van der Waals surface area contributed by atoms with E-state index in [-0.39, 0.29) is 17.3 Å². The quantitative estimate of drug-likeness (QED) is 0.572. The van der Waals surface area contributed by atoms with Crippen molar-refractivity contribution in [1.29, 1.82) is 0 Å². The zero-order chi connectivity index (χ0) is 19.1. The van der Waals surface area contributed by atoms with Crippen molar-refractivity contribution < 1.29 is 9.18 Å². The van der Waals surface area contributed by atoms with Gasteiger partial charge in [0.1, 0.15) is 11.6 Å². The molecule has 1 N–H and O–H groups in total. The van der Waals surface area contributed by atoms with Crippen molar-refractivity contribution in [2.75, 3.05) is 0 Å². The Morgan fingerprint density at radius 3 is 2.54 bits per heavy atom. The highest BCUT2D eigenvalue weighted by molar-refractivity contribution is 6.00. The van der Waals surface area contributed by atoms with Crippen molar-refractivity contribution in [3.63, 3.8) is 0 Å². The lowest BCUT2D eigenvalue weighted by Crippen LogP contribution is -2.35. The predicted octanol–water partition coefficient (Wildman–Crippen LogP) is 4.56. The predicted molar refractivity (Wildman–Crippen MR) is 105 cm³/mol. The van der Waals surface area contributed by atoms with E-state index < -0.39 is 0 Å². The number of amides is 1. The van der Waals surface area contributed by atoms with Crippen molar-refractivity contribution in [1.82, 2.24) is 14.7 Å². The lowest BCUT2D eigenvalue weighted by atomic mass is 10.0. The molecule has 2 aromatic heterocycles. The fraction of sp³-hybridized carbons (Fsp3) is 0.130. The summed E-state index contributed by atoms with van der Waals surface area (Å²) in [5, 5.41) is 3.18. The molecule has 0 saturated heterocycles. The topological polar surface area (TPSA) is 46.4 Å². The van der Waals surface area contributed by atoms with Gasteiger partial charge in [0.25, 0.3) is 5.91 Å². The molecule has 0 spiro atoms. The van der Waals surface area contributed by atoms with Crippen molar-refractivity contribution >= 4 is 11.4 Å². The molecule has 0 unspecified atom stereocenters. The van der Waals surface area contributed by atoms with Crippen LogP contribution in [0.25, 0.3) is 16.9 Å². The fourth-order valence-corrected chi connectivity index (χ4v) is 3.68. The summed E-state index contributed by atoms with van der Waals surface area (Å²) >= 11 is 0. The van der Waals surface area contributed by atoms with Gasteiger partial charge in [0.15, 0.2) is 5.69 Å². The molecule has 0 atom stereocenters. The summed E-state index contributed by atoms with van der Waals surface area (Å²) in [5.74, 6) is -0.00490. The summed E-state index contributed by atoms with van der Waals surface area (Å²) in [7, 11) is 0. The van der Waals surface area contributed by atoms with Gasteiger partial charge in [-0.05, 0) is 42.7 Å². The molecule has 0 aliphatic heterocycles. The first-order valence-electron chi connectivity index (χ1n) is 9.27. The number of nitrogens with one attached hydrogen (secondary N) is 1. The van der Waals surface area contributed by atoms with E-state index in [0.29, 0.717) is 22.6 Å². The second-order valence-electron chi connectivity index (χ2n) is 7.15. The van der Waals surface area contributed by atoms with Gasteiger partial charge in [0, 0.05) is 11.8 Å². The molecule has 0 radical (unpaired) electrons. The largest absolute Gasteiger partial charge is 0.341 e. The Morgan fingerprint density at radius 1 is 1.00 bits per heavy atom. The Bertz CT molecular complexity index is 1180. The molecule has 0 bridgehead atoms. The average Bonchev–Trinajstić information content (AvgIpc) is 3.40. The number of rotatable bonds is 4. The molecule has 1 saturated carbocycles. The number of hydrogen-bond acceptors (Lipinski definition) is 2. The van der Waals surface area contributed by atoms with E-state index in [9.17, 15) is 9.18 Å². The molecule has 138 valence electrons. The highest BCUT2D eigenvalue weighted by atomic mass is 19.1. The summed E-state index contributed by atoms with van der Waals surface area (Å²) in [6, 6.07) is 21.8. The van der Waals surface area contributed by atoms with Gasteiger partial charge in [-0.2, -0.15) is 0 Å². The van der Waals surface area contributed by atoms with Crippen LogP contribution in [0.1, 0.15) is 28.9 Å². The summed E-state index contributed by atoms with van der Waals surface area (Å²) in [4.78, 5) is 17.7. The number of pyridine rings is 1. The number of hydrogen-bond donors (Lipinski definition) is 1. The minimum Gasteiger partial charge on any atom is -0.341 e. The monoisotopic (exact) mass is 371 g/mol. The number of carbonyl (C=O) groups is 1. The lowest BCUT2D eigenvalue weighted by molar-refractivity contribution is 0.0928. The second-order valence-corrected chi connectivity index (χ2v) is 7.15. The Labute approximate surface area is 161 Å². The van der Waals surface area contributed by atoms with Crippen LogP contribution < -0.4 is 5.32 Å². The zero-order valence-electron chi connectivity index (χ0n) is 15.1. The SMILES string of the molecule is O=C(NC1(c2ccccc2)CC1)c1nc(-c2cccc(F)c2)n2ccccc12. The summed E-state index contributed by atoms with van der Waals surface area (Å²) in [6.07, 6.45) is 3.65. The minimum absolute atomic E-state index is 0.215. The van der Waals surface area contributed by atoms with Gasteiger partial charge >= 0.3 is 0 Å². The van der Waals surface area contributed by atoms with Crippen molar-refractivity contribution in [3.05, 3.63) is 96.1 Å². The number of carbonyl (C=O) groups excluding carboxylic acids is 1. The van der Waals surface area contributed by atoms with Crippen LogP contribution in [-0.2, 0) is 5.54 Å². The van der Waals surface area contributed by atoms with E-state index in [1.807, 2.05) is 59.1 Å². The van der Waals surface area contributed by atoms with Crippen molar-refractivity contribution in [2.24, 2.45) is 0 Å². The second kappa shape index (κ2) is 6.30. The van der Waals surface area contributed by atoms with Gasteiger partial charge in [-0.3, -0.25) is 9.20 Å². The first kappa shape index (κ1) is 16.7. The molecule has 2 aromatic carbocycles. The van der Waals surface area contributed by atoms with E-state index in [1.54, 1.807) is 12.1 Å². The van der Waals surface area contributed by atoms with Gasteiger partial charge in [-0.1, -0.05) is 48.5 Å². The van der Waals surface area contributed by atoms with Crippen LogP contribution in [0.3, 0.4) is 0 Å². The Hall–Kier alpha value is -3.47. The summed E-state index contributed by atoms with van der Waals surface area (Å²) < 4.78 is 15.5. The number of benzene rings is 2. The molecule has 2 heterocycles. The van der Waals surface area contributed by atoms with E-state index in [1.165, 1.54) is 12.1 Å². The van der Waals surface area contributed by atoms with Crippen LogP contribution in [0.15, 0.2) is 79.0 Å². The van der Waals surface area contributed by atoms with Gasteiger partial charge in [-0.25, -0.2) is 9.37 Å². The van der Waals surface area contributed by atoms with Gasteiger partial charge < -0.3 is 5.32 Å². The average molecular weight is 371 g/mol. The first-order chi connectivity index (χ1) is 13.7. The molecule has 1 fully saturated rings.